The van der Waals surface area contributed by atoms with Crippen LogP contribution in [0, 0.1) is 0 Å². The molecule has 1 N–H and O–H groups in total. The quantitative estimate of drug-likeness (QED) is 0.684. The normalized spacial score (nSPS) is 11.4. The summed E-state index contributed by atoms with van der Waals surface area (Å²) < 4.78 is 10.8. The molecule has 0 saturated carbocycles. The van der Waals surface area contributed by atoms with Crippen LogP contribution in [0.1, 0.15) is 25.8 Å². The van der Waals surface area contributed by atoms with E-state index in [9.17, 15) is 9.59 Å². The second kappa shape index (κ2) is 11.0. The monoisotopic (exact) mass is 384 g/mol. The number of methoxy groups -OCH3 is 1. The highest BCUT2D eigenvalue weighted by Gasteiger charge is 2.28. The average molecular weight is 384 g/mol. The van der Waals surface area contributed by atoms with Crippen LogP contribution in [0.2, 0.25) is 0 Å². The van der Waals surface area contributed by atoms with Crippen molar-refractivity contribution < 1.29 is 19.1 Å². The lowest BCUT2D eigenvalue weighted by Crippen LogP contribution is -2.50. The van der Waals surface area contributed by atoms with Gasteiger partial charge in [0, 0.05) is 13.1 Å². The highest BCUT2D eigenvalue weighted by atomic mass is 16.5. The zero-order chi connectivity index (χ0) is 20.4. The summed E-state index contributed by atoms with van der Waals surface area (Å²) in [6, 6.07) is 16.1. The number of benzene rings is 2. The number of carbonyl (C=O) groups excluding carboxylic acids is 2. The first kappa shape index (κ1) is 21.3. The van der Waals surface area contributed by atoms with Gasteiger partial charge in [0.2, 0.25) is 5.91 Å². The number of hydrogen-bond donors (Lipinski definition) is 1. The van der Waals surface area contributed by atoms with Gasteiger partial charge < -0.3 is 19.7 Å². The van der Waals surface area contributed by atoms with Gasteiger partial charge in [-0.15, -0.1) is 0 Å². The van der Waals surface area contributed by atoms with E-state index in [0.29, 0.717) is 25.3 Å². The Morgan fingerprint density at radius 2 is 1.68 bits per heavy atom. The number of carbonyl (C=O) groups is 2. The topological polar surface area (TPSA) is 67.9 Å². The molecule has 2 aromatic carbocycles. The number of para-hydroxylation sites is 1. The van der Waals surface area contributed by atoms with Crippen LogP contribution < -0.4 is 14.8 Å². The molecule has 0 heterocycles. The largest absolute Gasteiger partial charge is 0.497 e. The van der Waals surface area contributed by atoms with Crippen LogP contribution in [0.4, 0.5) is 0 Å². The van der Waals surface area contributed by atoms with Crippen molar-refractivity contribution in [3.05, 3.63) is 60.2 Å². The van der Waals surface area contributed by atoms with E-state index in [1.54, 1.807) is 24.1 Å². The van der Waals surface area contributed by atoms with E-state index in [0.717, 1.165) is 11.3 Å². The molecule has 2 aromatic rings. The van der Waals surface area contributed by atoms with Crippen molar-refractivity contribution in [2.24, 2.45) is 0 Å². The van der Waals surface area contributed by atoms with E-state index < -0.39 is 6.04 Å². The highest BCUT2D eigenvalue weighted by molar-refractivity contribution is 5.88. The molecule has 0 unspecified atom stereocenters. The van der Waals surface area contributed by atoms with Gasteiger partial charge >= 0.3 is 0 Å². The number of amides is 2. The number of hydrogen-bond acceptors (Lipinski definition) is 4. The van der Waals surface area contributed by atoms with E-state index >= 15 is 0 Å². The number of nitrogens with one attached hydrogen (secondary N) is 1. The van der Waals surface area contributed by atoms with Crippen molar-refractivity contribution >= 4 is 11.8 Å². The Balaban J connectivity index is 2.17. The number of nitrogens with zero attached hydrogens (tertiary/aromatic N) is 1. The van der Waals surface area contributed by atoms with Crippen LogP contribution in [0.3, 0.4) is 0 Å². The lowest BCUT2D eigenvalue weighted by atomic mass is 10.1. The van der Waals surface area contributed by atoms with Crippen molar-refractivity contribution in [2.75, 3.05) is 20.3 Å². The molecule has 0 aliphatic rings. The number of rotatable bonds is 10. The van der Waals surface area contributed by atoms with Crippen molar-refractivity contribution in [1.82, 2.24) is 10.2 Å². The maximum absolute atomic E-state index is 12.9. The van der Waals surface area contributed by atoms with Gasteiger partial charge in [-0.3, -0.25) is 9.59 Å². The van der Waals surface area contributed by atoms with E-state index in [2.05, 4.69) is 5.32 Å². The molecule has 2 amide bonds. The Labute approximate surface area is 166 Å². The van der Waals surface area contributed by atoms with Crippen LogP contribution in [-0.2, 0) is 16.1 Å². The summed E-state index contributed by atoms with van der Waals surface area (Å²) in [5.74, 6) is 0.959. The summed E-state index contributed by atoms with van der Waals surface area (Å²) >= 11 is 0. The van der Waals surface area contributed by atoms with Gasteiger partial charge in [-0.1, -0.05) is 37.3 Å². The summed E-state index contributed by atoms with van der Waals surface area (Å²) in [4.78, 5) is 27.0. The molecule has 0 aliphatic carbocycles. The van der Waals surface area contributed by atoms with Crippen LogP contribution in [0.25, 0.3) is 0 Å². The third-order valence-electron chi connectivity index (χ3n) is 4.35. The van der Waals surface area contributed by atoms with Gasteiger partial charge in [0.15, 0.2) is 6.61 Å². The molecular formula is C22H28N2O4. The minimum atomic E-state index is -0.561. The predicted molar refractivity (Wildman–Crippen MR) is 108 cm³/mol. The molecule has 150 valence electrons. The van der Waals surface area contributed by atoms with Gasteiger partial charge in [0.1, 0.15) is 17.5 Å². The second-order valence-electron chi connectivity index (χ2n) is 6.29. The molecule has 28 heavy (non-hydrogen) atoms. The van der Waals surface area contributed by atoms with Crippen molar-refractivity contribution in [2.45, 2.75) is 32.9 Å². The summed E-state index contributed by atoms with van der Waals surface area (Å²) in [7, 11) is 1.61. The van der Waals surface area contributed by atoms with Crippen LogP contribution in [-0.4, -0.2) is 43.0 Å². The first-order valence-electron chi connectivity index (χ1n) is 9.47. The molecule has 2 rings (SSSR count). The standard InChI is InChI=1S/C22H28N2O4/c1-4-20(22(26)23-5-2)24(15-17-11-13-18(27-3)14-12-17)21(25)16-28-19-9-7-6-8-10-19/h6-14,20H,4-5,15-16H2,1-3H3,(H,23,26)/t20-/m0/s1. The minimum absolute atomic E-state index is 0.129. The lowest BCUT2D eigenvalue weighted by Gasteiger charge is -2.30. The van der Waals surface area contributed by atoms with Crippen molar-refractivity contribution in [1.29, 1.82) is 0 Å². The zero-order valence-electron chi connectivity index (χ0n) is 16.7. The fourth-order valence-corrected chi connectivity index (χ4v) is 2.88. The number of likely N-dealkylation sites (N-methyl/N-ethyl adjacent to an activating group) is 1. The molecule has 6 heteroatoms. The Kier molecular flexibility index (Phi) is 8.34. The van der Waals surface area contributed by atoms with Crippen LogP contribution in [0.5, 0.6) is 11.5 Å². The summed E-state index contributed by atoms with van der Waals surface area (Å²) in [5, 5.41) is 2.82. The van der Waals surface area contributed by atoms with E-state index in [4.69, 9.17) is 9.47 Å². The third-order valence-corrected chi connectivity index (χ3v) is 4.35. The summed E-state index contributed by atoms with van der Waals surface area (Å²) in [6.07, 6.45) is 0.513. The van der Waals surface area contributed by atoms with Crippen molar-refractivity contribution in [3.63, 3.8) is 0 Å². The molecule has 0 bridgehead atoms. The van der Waals surface area contributed by atoms with E-state index in [1.165, 1.54) is 0 Å². The van der Waals surface area contributed by atoms with Crippen LogP contribution in [0.15, 0.2) is 54.6 Å². The van der Waals surface area contributed by atoms with Gasteiger partial charge in [0.25, 0.3) is 5.91 Å². The van der Waals surface area contributed by atoms with E-state index in [1.807, 2.05) is 56.3 Å². The molecular weight excluding hydrogens is 356 g/mol. The minimum Gasteiger partial charge on any atom is -0.497 e. The molecule has 0 aliphatic heterocycles. The Morgan fingerprint density at radius 3 is 2.25 bits per heavy atom. The molecule has 0 saturated heterocycles. The smallest absolute Gasteiger partial charge is 0.261 e. The molecule has 0 fully saturated rings. The van der Waals surface area contributed by atoms with Gasteiger partial charge in [-0.05, 0) is 43.2 Å². The van der Waals surface area contributed by atoms with Gasteiger partial charge in [0.05, 0.1) is 7.11 Å². The fraction of sp³-hybridized carbons (Fsp3) is 0.364. The first-order chi connectivity index (χ1) is 13.6. The maximum Gasteiger partial charge on any atom is 0.261 e. The van der Waals surface area contributed by atoms with E-state index in [-0.39, 0.29) is 18.4 Å². The molecule has 0 spiro atoms. The Hall–Kier alpha value is -3.02. The molecule has 0 aromatic heterocycles. The maximum atomic E-state index is 12.9. The summed E-state index contributed by atoms with van der Waals surface area (Å²) in [6.45, 7) is 4.46. The van der Waals surface area contributed by atoms with Gasteiger partial charge in [-0.2, -0.15) is 0 Å². The SMILES string of the molecule is CCNC(=O)[C@H](CC)N(Cc1ccc(OC)cc1)C(=O)COc1ccccc1. The molecule has 1 atom stereocenters. The Bertz CT molecular complexity index is 747. The lowest BCUT2D eigenvalue weighted by molar-refractivity contribution is -0.142. The second-order valence-corrected chi connectivity index (χ2v) is 6.29. The molecule has 6 nitrogen and oxygen atoms in total. The Morgan fingerprint density at radius 1 is 1.00 bits per heavy atom. The van der Waals surface area contributed by atoms with Crippen molar-refractivity contribution in [3.8, 4) is 11.5 Å². The predicted octanol–water partition coefficient (Wildman–Crippen LogP) is 3.02. The van der Waals surface area contributed by atoms with Gasteiger partial charge in [-0.25, -0.2) is 0 Å². The molecule has 0 radical (unpaired) electrons. The van der Waals surface area contributed by atoms with Crippen LogP contribution >= 0.6 is 0 Å². The average Bonchev–Trinajstić information content (AvgIpc) is 2.73. The third kappa shape index (κ3) is 6.01. The first-order valence-corrected chi connectivity index (χ1v) is 9.47. The summed E-state index contributed by atoms with van der Waals surface area (Å²) in [5.41, 5.74) is 0.914. The highest BCUT2D eigenvalue weighted by Crippen LogP contribution is 2.17. The number of ether oxygens (including phenoxy) is 2. The fourth-order valence-electron chi connectivity index (χ4n) is 2.88. The zero-order valence-corrected chi connectivity index (χ0v) is 16.7.